The van der Waals surface area contributed by atoms with Crippen LogP contribution in [0.25, 0.3) is 5.69 Å². The standard InChI is InChI=1S/C17H20FN3O2.CHF3/c1-12(22)17(23)20-10-7-13(8-11-20)15-6-9-19-21(15)16-5-3-2-4-14(16)18;2-1(3)4/h2-6,9,12-13,22H,7-8,10-11H2,1H3;1H. The van der Waals surface area contributed by atoms with Crippen LogP contribution in [0, 0.1) is 5.82 Å². The van der Waals surface area contributed by atoms with Crippen molar-refractivity contribution in [2.24, 2.45) is 0 Å². The molecule has 1 N–H and O–H groups in total. The van der Waals surface area contributed by atoms with Gasteiger partial charge in [-0.3, -0.25) is 4.79 Å². The fourth-order valence-electron chi connectivity index (χ4n) is 3.11. The second-order valence-electron chi connectivity index (χ2n) is 6.14. The Morgan fingerprint density at radius 1 is 1.19 bits per heavy atom. The maximum Gasteiger partial charge on any atom is 0.379 e. The number of likely N-dealkylation sites (tertiary alicyclic amines) is 1. The number of para-hydroxylation sites is 1. The minimum Gasteiger partial charge on any atom is -0.384 e. The number of rotatable bonds is 3. The molecular weight excluding hydrogens is 366 g/mol. The first-order valence-corrected chi connectivity index (χ1v) is 8.49. The number of hydrogen-bond donors (Lipinski definition) is 1. The molecule has 5 nitrogen and oxygen atoms in total. The number of hydrogen-bond acceptors (Lipinski definition) is 3. The van der Waals surface area contributed by atoms with Crippen molar-refractivity contribution < 1.29 is 27.5 Å². The van der Waals surface area contributed by atoms with E-state index in [1.807, 2.05) is 6.07 Å². The average molecular weight is 387 g/mol. The molecule has 0 saturated carbocycles. The van der Waals surface area contributed by atoms with Crippen LogP contribution >= 0.6 is 0 Å². The van der Waals surface area contributed by atoms with Gasteiger partial charge >= 0.3 is 6.68 Å². The Morgan fingerprint density at radius 3 is 2.33 bits per heavy atom. The molecule has 1 aliphatic heterocycles. The van der Waals surface area contributed by atoms with Crippen molar-refractivity contribution >= 4 is 5.91 Å². The van der Waals surface area contributed by atoms with Crippen LogP contribution in [0.2, 0.25) is 0 Å². The van der Waals surface area contributed by atoms with Crippen LogP contribution in [-0.2, 0) is 4.79 Å². The molecular formula is C18H21F4N3O2. The number of aliphatic hydroxyl groups is 1. The molecule has 0 spiro atoms. The highest BCUT2D eigenvalue weighted by Gasteiger charge is 2.28. The van der Waals surface area contributed by atoms with Crippen molar-refractivity contribution in [1.29, 1.82) is 0 Å². The summed E-state index contributed by atoms with van der Waals surface area (Å²) in [7, 11) is 0. The lowest BCUT2D eigenvalue weighted by atomic mass is 9.93. The van der Waals surface area contributed by atoms with Gasteiger partial charge in [0, 0.05) is 30.9 Å². The third-order valence-corrected chi connectivity index (χ3v) is 4.33. The maximum atomic E-state index is 14.0. The molecule has 0 radical (unpaired) electrons. The van der Waals surface area contributed by atoms with Crippen molar-refractivity contribution in [3.8, 4) is 5.69 Å². The highest BCUT2D eigenvalue weighted by atomic mass is 19.4. The molecule has 0 bridgehead atoms. The van der Waals surface area contributed by atoms with E-state index in [1.54, 1.807) is 34.0 Å². The number of piperidine rings is 1. The van der Waals surface area contributed by atoms with Crippen molar-refractivity contribution in [3.05, 3.63) is 48.0 Å². The molecule has 1 aliphatic rings. The van der Waals surface area contributed by atoms with Gasteiger partial charge in [0.2, 0.25) is 0 Å². The first-order chi connectivity index (χ1) is 12.8. The van der Waals surface area contributed by atoms with Crippen molar-refractivity contribution in [2.75, 3.05) is 13.1 Å². The lowest BCUT2D eigenvalue weighted by Crippen LogP contribution is -2.42. The van der Waals surface area contributed by atoms with Gasteiger partial charge in [-0.1, -0.05) is 12.1 Å². The summed E-state index contributed by atoms with van der Waals surface area (Å²) in [5.74, 6) is -0.319. The van der Waals surface area contributed by atoms with Crippen LogP contribution in [0.15, 0.2) is 36.5 Å². The Bertz CT molecular complexity index is 741. The summed E-state index contributed by atoms with van der Waals surface area (Å²) in [4.78, 5) is 13.5. The van der Waals surface area contributed by atoms with Gasteiger partial charge in [0.15, 0.2) is 0 Å². The van der Waals surface area contributed by atoms with E-state index in [-0.39, 0.29) is 17.6 Å². The molecule has 1 fully saturated rings. The van der Waals surface area contributed by atoms with Crippen LogP contribution in [0.3, 0.4) is 0 Å². The largest absolute Gasteiger partial charge is 0.384 e. The second kappa shape index (κ2) is 9.50. The van der Waals surface area contributed by atoms with E-state index in [1.165, 1.54) is 13.0 Å². The summed E-state index contributed by atoms with van der Waals surface area (Å²) < 4.78 is 44.7. The van der Waals surface area contributed by atoms with Crippen LogP contribution in [0.1, 0.15) is 31.4 Å². The normalized spacial score (nSPS) is 16.0. The molecule has 1 atom stereocenters. The Kier molecular flexibility index (Phi) is 7.35. The van der Waals surface area contributed by atoms with E-state index >= 15 is 0 Å². The zero-order valence-electron chi connectivity index (χ0n) is 14.7. The molecule has 27 heavy (non-hydrogen) atoms. The second-order valence-corrected chi connectivity index (χ2v) is 6.14. The van der Waals surface area contributed by atoms with E-state index in [4.69, 9.17) is 0 Å². The van der Waals surface area contributed by atoms with Crippen LogP contribution < -0.4 is 0 Å². The number of aliphatic hydroxyl groups excluding tert-OH is 1. The number of nitrogens with zero attached hydrogens (tertiary/aromatic N) is 3. The molecule has 3 rings (SSSR count). The fraction of sp³-hybridized carbons (Fsp3) is 0.444. The Morgan fingerprint density at radius 2 is 1.78 bits per heavy atom. The van der Waals surface area contributed by atoms with Gasteiger partial charge in [0.25, 0.3) is 5.91 Å². The third kappa shape index (κ3) is 5.53. The Balaban J connectivity index is 0.000000596. The molecule has 148 valence electrons. The first kappa shape index (κ1) is 20.9. The van der Waals surface area contributed by atoms with Gasteiger partial charge in [0.05, 0.1) is 0 Å². The summed E-state index contributed by atoms with van der Waals surface area (Å²) in [5, 5.41) is 13.7. The van der Waals surface area contributed by atoms with Gasteiger partial charge in [-0.05, 0) is 38.0 Å². The summed E-state index contributed by atoms with van der Waals surface area (Å²) in [6, 6.07) is 8.47. The van der Waals surface area contributed by atoms with Crippen molar-refractivity contribution in [3.63, 3.8) is 0 Å². The highest BCUT2D eigenvalue weighted by Crippen LogP contribution is 2.30. The lowest BCUT2D eigenvalue weighted by Gasteiger charge is -2.33. The SMILES string of the molecule is CC(O)C(=O)N1CCC(c2ccnn2-c2ccccc2F)CC1.FC(F)F. The molecule has 1 unspecified atom stereocenters. The minimum absolute atomic E-state index is 0.218. The Labute approximate surface area is 154 Å². The number of benzene rings is 1. The van der Waals surface area contributed by atoms with E-state index in [2.05, 4.69) is 5.10 Å². The number of carbonyl (C=O) groups excluding carboxylic acids is 1. The highest BCUT2D eigenvalue weighted by molar-refractivity contribution is 5.80. The fourth-order valence-corrected chi connectivity index (χ4v) is 3.11. The van der Waals surface area contributed by atoms with Crippen LogP contribution in [0.4, 0.5) is 17.6 Å². The van der Waals surface area contributed by atoms with Gasteiger partial charge in [-0.2, -0.15) is 18.3 Å². The van der Waals surface area contributed by atoms with Crippen LogP contribution in [0.5, 0.6) is 0 Å². The minimum atomic E-state index is -3.67. The predicted molar refractivity (Wildman–Crippen MR) is 90.9 cm³/mol. The lowest BCUT2D eigenvalue weighted by molar-refractivity contribution is -0.140. The van der Waals surface area contributed by atoms with E-state index in [9.17, 15) is 27.5 Å². The summed E-state index contributed by atoms with van der Waals surface area (Å²) >= 11 is 0. The number of amides is 1. The van der Waals surface area contributed by atoms with Crippen LogP contribution in [-0.4, -0.2) is 51.6 Å². The molecule has 2 heterocycles. The zero-order valence-corrected chi connectivity index (χ0v) is 14.7. The van der Waals surface area contributed by atoms with Crippen molar-refractivity contribution in [1.82, 2.24) is 14.7 Å². The predicted octanol–water partition coefficient (Wildman–Crippen LogP) is 3.28. The van der Waals surface area contributed by atoms with Gasteiger partial charge in [-0.25, -0.2) is 9.07 Å². The maximum absolute atomic E-state index is 14.0. The van der Waals surface area contributed by atoms with E-state index < -0.39 is 12.8 Å². The monoisotopic (exact) mass is 387 g/mol. The van der Waals surface area contributed by atoms with Gasteiger partial charge in [-0.15, -0.1) is 0 Å². The van der Waals surface area contributed by atoms with Gasteiger partial charge < -0.3 is 10.0 Å². The summed E-state index contributed by atoms with van der Waals surface area (Å²) in [6.07, 6.45) is 2.27. The molecule has 0 aliphatic carbocycles. The summed E-state index contributed by atoms with van der Waals surface area (Å²) in [5.41, 5.74) is 1.40. The Hall–Kier alpha value is -2.42. The third-order valence-electron chi connectivity index (χ3n) is 4.33. The van der Waals surface area contributed by atoms with E-state index in [0.29, 0.717) is 18.8 Å². The quantitative estimate of drug-likeness (QED) is 0.823. The smallest absolute Gasteiger partial charge is 0.379 e. The summed E-state index contributed by atoms with van der Waals surface area (Å²) in [6.45, 7) is -0.991. The molecule has 1 saturated heterocycles. The average Bonchev–Trinajstić information content (AvgIpc) is 3.10. The molecule has 1 aromatic carbocycles. The number of carbonyl (C=O) groups is 1. The van der Waals surface area contributed by atoms with E-state index in [0.717, 1.165) is 18.5 Å². The molecule has 9 heteroatoms. The number of aromatic nitrogens is 2. The zero-order chi connectivity index (χ0) is 20.0. The molecule has 2 aromatic rings. The first-order valence-electron chi connectivity index (χ1n) is 8.49. The topological polar surface area (TPSA) is 58.4 Å². The number of halogens is 4. The molecule has 1 aromatic heterocycles. The molecule has 1 amide bonds. The van der Waals surface area contributed by atoms with Gasteiger partial charge in [0.1, 0.15) is 17.6 Å². The van der Waals surface area contributed by atoms with Crippen molar-refractivity contribution in [2.45, 2.75) is 38.5 Å². The number of alkyl halides is 3.